The molecule has 0 amide bonds. The third-order valence-electron chi connectivity index (χ3n) is 4.42. The first-order valence-electron chi connectivity index (χ1n) is 9.40. The van der Waals surface area contributed by atoms with Gasteiger partial charge in [0.15, 0.2) is 0 Å². The lowest BCUT2D eigenvalue weighted by molar-refractivity contribution is -0.0129. The summed E-state index contributed by atoms with van der Waals surface area (Å²) in [5, 5.41) is 10.3. The van der Waals surface area contributed by atoms with Gasteiger partial charge in [-0.3, -0.25) is 9.80 Å². The second-order valence-corrected chi connectivity index (χ2v) is 7.21. The fourth-order valence-corrected chi connectivity index (χ4v) is 3.07. The van der Waals surface area contributed by atoms with Gasteiger partial charge in [0, 0.05) is 39.3 Å². The molecule has 1 saturated heterocycles. The molecule has 25 heavy (non-hydrogen) atoms. The van der Waals surface area contributed by atoms with E-state index < -0.39 is 6.10 Å². The molecule has 0 saturated carbocycles. The van der Waals surface area contributed by atoms with Crippen LogP contribution in [0.5, 0.6) is 0 Å². The Kier molecular flexibility index (Phi) is 8.85. The molecule has 142 valence electrons. The highest BCUT2D eigenvalue weighted by Crippen LogP contribution is 2.09. The molecule has 1 fully saturated rings. The van der Waals surface area contributed by atoms with Crippen LogP contribution in [0.15, 0.2) is 24.3 Å². The Bertz CT molecular complexity index is 490. The molecular weight excluding hydrogens is 316 g/mol. The van der Waals surface area contributed by atoms with Crippen molar-refractivity contribution in [3.8, 4) is 0 Å². The second-order valence-electron chi connectivity index (χ2n) is 7.21. The van der Waals surface area contributed by atoms with Gasteiger partial charge in [-0.2, -0.15) is 0 Å². The molecular formula is C20H34N2O3. The lowest BCUT2D eigenvalue weighted by Crippen LogP contribution is -2.43. The van der Waals surface area contributed by atoms with E-state index in [2.05, 4.69) is 41.0 Å². The Morgan fingerprint density at radius 2 is 2.04 bits per heavy atom. The number of aliphatic hydroxyl groups is 1. The quantitative estimate of drug-likeness (QED) is 0.698. The molecule has 2 rings (SSSR count). The summed E-state index contributed by atoms with van der Waals surface area (Å²) in [6, 6.07) is 8.60. The van der Waals surface area contributed by atoms with Crippen LogP contribution in [0.1, 0.15) is 25.0 Å². The van der Waals surface area contributed by atoms with E-state index in [-0.39, 0.29) is 6.10 Å². The molecule has 1 atom stereocenters. The average molecular weight is 351 g/mol. The molecule has 5 nitrogen and oxygen atoms in total. The number of hydrogen-bond acceptors (Lipinski definition) is 5. The minimum atomic E-state index is -0.461. The van der Waals surface area contributed by atoms with Gasteiger partial charge in [0.2, 0.25) is 0 Å². The van der Waals surface area contributed by atoms with Crippen molar-refractivity contribution in [1.29, 1.82) is 0 Å². The molecule has 0 radical (unpaired) electrons. The van der Waals surface area contributed by atoms with Crippen LogP contribution in [0.3, 0.4) is 0 Å². The van der Waals surface area contributed by atoms with Crippen LogP contribution in [-0.4, -0.2) is 79.7 Å². The molecule has 1 aromatic carbocycles. The normalized spacial score (nSPS) is 17.4. The molecule has 5 heteroatoms. The van der Waals surface area contributed by atoms with E-state index in [1.54, 1.807) is 0 Å². The third-order valence-corrected chi connectivity index (χ3v) is 4.42. The Morgan fingerprint density at radius 3 is 2.72 bits per heavy atom. The van der Waals surface area contributed by atoms with Crippen LogP contribution in [-0.2, 0) is 16.0 Å². The zero-order chi connectivity index (χ0) is 18.1. The topological polar surface area (TPSA) is 45.2 Å². The zero-order valence-corrected chi connectivity index (χ0v) is 16.0. The maximum atomic E-state index is 10.3. The third kappa shape index (κ3) is 8.29. The number of hydrogen-bond donors (Lipinski definition) is 1. The predicted molar refractivity (Wildman–Crippen MR) is 101 cm³/mol. The van der Waals surface area contributed by atoms with Crippen LogP contribution in [0.2, 0.25) is 0 Å². The van der Waals surface area contributed by atoms with Crippen molar-refractivity contribution in [2.75, 3.05) is 52.5 Å². The molecule has 0 spiro atoms. The lowest BCUT2D eigenvalue weighted by atomic mass is 10.1. The fourth-order valence-electron chi connectivity index (χ4n) is 3.07. The van der Waals surface area contributed by atoms with Crippen LogP contribution in [0.25, 0.3) is 0 Å². The monoisotopic (exact) mass is 350 g/mol. The Labute approximate surface area is 152 Å². The van der Waals surface area contributed by atoms with E-state index in [0.29, 0.717) is 13.2 Å². The number of morpholine rings is 1. The Balaban J connectivity index is 1.89. The van der Waals surface area contributed by atoms with Crippen LogP contribution in [0.4, 0.5) is 0 Å². The maximum Gasteiger partial charge on any atom is 0.0900 e. The molecule has 1 aliphatic heterocycles. The first-order chi connectivity index (χ1) is 12.0. The van der Waals surface area contributed by atoms with Crippen LogP contribution >= 0.6 is 0 Å². The van der Waals surface area contributed by atoms with Gasteiger partial charge < -0.3 is 14.6 Å². The predicted octanol–water partition coefficient (Wildman–Crippen LogP) is 1.92. The number of ether oxygens (including phenoxy) is 2. The van der Waals surface area contributed by atoms with E-state index in [1.165, 1.54) is 11.1 Å². The first kappa shape index (κ1) is 20.3. The number of benzene rings is 1. The average Bonchev–Trinajstić information content (AvgIpc) is 2.59. The van der Waals surface area contributed by atoms with E-state index >= 15 is 0 Å². The molecule has 1 aromatic rings. The molecule has 0 bridgehead atoms. The lowest BCUT2D eigenvalue weighted by Gasteiger charge is -2.31. The van der Waals surface area contributed by atoms with Gasteiger partial charge in [-0.05, 0) is 26.3 Å². The van der Waals surface area contributed by atoms with Gasteiger partial charge in [0.1, 0.15) is 0 Å². The molecule has 1 heterocycles. The van der Waals surface area contributed by atoms with Gasteiger partial charge in [0.05, 0.1) is 32.0 Å². The van der Waals surface area contributed by atoms with Gasteiger partial charge >= 0.3 is 0 Å². The van der Waals surface area contributed by atoms with Gasteiger partial charge in [0.25, 0.3) is 0 Å². The van der Waals surface area contributed by atoms with Crippen molar-refractivity contribution in [3.63, 3.8) is 0 Å². The summed E-state index contributed by atoms with van der Waals surface area (Å²) in [6.45, 7) is 13.6. The zero-order valence-electron chi connectivity index (χ0n) is 16.0. The molecule has 0 unspecified atom stereocenters. The highest BCUT2D eigenvalue weighted by molar-refractivity contribution is 5.22. The van der Waals surface area contributed by atoms with E-state index in [1.807, 2.05) is 13.8 Å². The van der Waals surface area contributed by atoms with Crippen molar-refractivity contribution in [2.45, 2.75) is 39.5 Å². The summed E-state index contributed by atoms with van der Waals surface area (Å²) in [6.07, 6.45) is -0.315. The van der Waals surface area contributed by atoms with Crippen molar-refractivity contribution in [1.82, 2.24) is 9.80 Å². The minimum Gasteiger partial charge on any atom is -0.389 e. The van der Waals surface area contributed by atoms with Gasteiger partial charge in [-0.25, -0.2) is 0 Å². The fraction of sp³-hybridized carbons (Fsp3) is 0.700. The Morgan fingerprint density at radius 1 is 1.28 bits per heavy atom. The van der Waals surface area contributed by atoms with Gasteiger partial charge in [-0.15, -0.1) is 0 Å². The Hall–Kier alpha value is -0.980. The summed E-state index contributed by atoms with van der Waals surface area (Å²) in [5.41, 5.74) is 2.56. The van der Waals surface area contributed by atoms with E-state index in [4.69, 9.17) is 9.47 Å². The number of nitrogens with zero attached hydrogens (tertiary/aromatic N) is 2. The summed E-state index contributed by atoms with van der Waals surface area (Å²) in [5.74, 6) is 0. The summed E-state index contributed by atoms with van der Waals surface area (Å²) in [7, 11) is 0. The first-order valence-corrected chi connectivity index (χ1v) is 9.40. The summed E-state index contributed by atoms with van der Waals surface area (Å²) in [4.78, 5) is 4.77. The SMILES string of the molecule is Cc1cccc(CN(CCN2CCOCC2)C[C@H](O)COC(C)C)c1. The highest BCUT2D eigenvalue weighted by atomic mass is 16.5. The van der Waals surface area contributed by atoms with Crippen molar-refractivity contribution >= 4 is 0 Å². The summed E-state index contributed by atoms with van der Waals surface area (Å²) < 4.78 is 11.0. The van der Waals surface area contributed by atoms with E-state index in [9.17, 15) is 5.11 Å². The van der Waals surface area contributed by atoms with Crippen molar-refractivity contribution < 1.29 is 14.6 Å². The summed E-state index contributed by atoms with van der Waals surface area (Å²) >= 11 is 0. The van der Waals surface area contributed by atoms with Crippen molar-refractivity contribution in [3.05, 3.63) is 35.4 Å². The molecule has 0 aromatic heterocycles. The van der Waals surface area contributed by atoms with Crippen LogP contribution < -0.4 is 0 Å². The molecule has 1 N–H and O–H groups in total. The largest absolute Gasteiger partial charge is 0.389 e. The van der Waals surface area contributed by atoms with Crippen molar-refractivity contribution in [2.24, 2.45) is 0 Å². The van der Waals surface area contributed by atoms with Gasteiger partial charge in [-0.1, -0.05) is 29.8 Å². The number of rotatable bonds is 10. The number of aliphatic hydroxyl groups excluding tert-OH is 1. The van der Waals surface area contributed by atoms with Crippen LogP contribution in [0, 0.1) is 6.92 Å². The second kappa shape index (κ2) is 10.9. The highest BCUT2D eigenvalue weighted by Gasteiger charge is 2.16. The minimum absolute atomic E-state index is 0.147. The molecule has 0 aliphatic carbocycles. The molecule has 1 aliphatic rings. The standard InChI is InChI=1S/C20H34N2O3/c1-17(2)25-16-20(23)15-22(8-7-21-9-11-24-12-10-21)14-19-6-4-5-18(3)13-19/h4-6,13,17,20,23H,7-12,14-16H2,1-3H3/t20-/m0/s1. The number of aryl methyl sites for hydroxylation is 1. The maximum absolute atomic E-state index is 10.3. The van der Waals surface area contributed by atoms with E-state index in [0.717, 1.165) is 45.9 Å². The smallest absolute Gasteiger partial charge is 0.0900 e.